The van der Waals surface area contributed by atoms with Gasteiger partial charge in [-0.25, -0.2) is 9.97 Å². The van der Waals surface area contributed by atoms with Gasteiger partial charge >= 0.3 is 0 Å². The van der Waals surface area contributed by atoms with Crippen molar-refractivity contribution >= 4 is 45.1 Å². The van der Waals surface area contributed by atoms with E-state index in [-0.39, 0.29) is 17.6 Å². The van der Waals surface area contributed by atoms with Crippen molar-refractivity contribution in [3.8, 4) is 0 Å². The summed E-state index contributed by atoms with van der Waals surface area (Å²) in [6, 6.07) is -0.535. The first-order valence-electron chi connectivity index (χ1n) is 8.98. The molecule has 0 saturated heterocycles. The van der Waals surface area contributed by atoms with Crippen molar-refractivity contribution < 1.29 is 9.59 Å². The van der Waals surface area contributed by atoms with E-state index >= 15 is 0 Å². The number of aryl methyl sites for hydroxylation is 3. The van der Waals surface area contributed by atoms with Crippen LogP contribution in [0.25, 0.3) is 10.2 Å². The summed E-state index contributed by atoms with van der Waals surface area (Å²) in [5.74, 6) is 0.654. The van der Waals surface area contributed by atoms with Crippen LogP contribution in [-0.2, 0) is 22.4 Å². The molecule has 0 radical (unpaired) electrons. The van der Waals surface area contributed by atoms with Gasteiger partial charge in [0.2, 0.25) is 11.8 Å². The Balaban J connectivity index is 1.66. The lowest BCUT2D eigenvalue weighted by atomic mass is 10.2. The zero-order valence-corrected chi connectivity index (χ0v) is 17.0. The molecular formula is C18H24N4O2S2. The quantitative estimate of drug-likeness (QED) is 0.559. The molecule has 0 bridgehead atoms. The van der Waals surface area contributed by atoms with Gasteiger partial charge in [0.05, 0.1) is 5.75 Å². The lowest BCUT2D eigenvalue weighted by Gasteiger charge is -2.13. The Morgan fingerprint density at radius 2 is 2.12 bits per heavy atom. The number of fused-ring (bicyclic) bond motifs is 3. The fourth-order valence-electron chi connectivity index (χ4n) is 3.05. The monoisotopic (exact) mass is 392 g/mol. The Kier molecular flexibility index (Phi) is 6.13. The van der Waals surface area contributed by atoms with Crippen LogP contribution in [0.2, 0.25) is 0 Å². The van der Waals surface area contributed by atoms with E-state index in [1.54, 1.807) is 18.3 Å². The van der Waals surface area contributed by atoms with Crippen LogP contribution in [0.3, 0.4) is 0 Å². The standard InChI is InChI=1S/C18H24N4O2S2/c1-4-8-19-16(24)10(2)20-14(23)9-25-17-15-12-6-5-7-13(12)26-18(15)22-11(3)21-17/h10H,4-9H2,1-3H3,(H,19,24)(H,20,23)/t10-/m0/s1. The zero-order valence-electron chi connectivity index (χ0n) is 15.3. The number of nitrogens with zero attached hydrogens (tertiary/aromatic N) is 2. The molecule has 2 aromatic rings. The maximum Gasteiger partial charge on any atom is 0.242 e. The number of aromatic nitrogens is 2. The first-order valence-corrected chi connectivity index (χ1v) is 10.8. The molecule has 2 heterocycles. The smallest absolute Gasteiger partial charge is 0.242 e. The van der Waals surface area contributed by atoms with Crippen molar-refractivity contribution in [2.75, 3.05) is 12.3 Å². The summed E-state index contributed by atoms with van der Waals surface area (Å²) in [5.41, 5.74) is 1.36. The second-order valence-electron chi connectivity index (χ2n) is 6.48. The van der Waals surface area contributed by atoms with E-state index in [0.29, 0.717) is 6.54 Å². The van der Waals surface area contributed by atoms with E-state index < -0.39 is 6.04 Å². The van der Waals surface area contributed by atoms with Crippen LogP contribution in [-0.4, -0.2) is 40.1 Å². The average Bonchev–Trinajstić information content (AvgIpc) is 3.17. The molecule has 6 nitrogen and oxygen atoms in total. The van der Waals surface area contributed by atoms with Gasteiger partial charge in [0.15, 0.2) is 0 Å². The van der Waals surface area contributed by atoms with Gasteiger partial charge < -0.3 is 10.6 Å². The molecule has 2 amide bonds. The number of rotatable bonds is 7. The largest absolute Gasteiger partial charge is 0.354 e. The van der Waals surface area contributed by atoms with Crippen molar-refractivity contribution in [2.45, 2.75) is 57.5 Å². The third-order valence-corrected chi connectivity index (χ3v) is 6.46. The molecule has 1 atom stereocenters. The Bertz CT molecular complexity index is 834. The number of thiophene rings is 1. The van der Waals surface area contributed by atoms with Crippen LogP contribution in [0.5, 0.6) is 0 Å². The predicted octanol–water partition coefficient (Wildman–Crippen LogP) is 2.61. The minimum Gasteiger partial charge on any atom is -0.354 e. The van der Waals surface area contributed by atoms with Crippen LogP contribution in [0.1, 0.15) is 43.0 Å². The van der Waals surface area contributed by atoms with Crippen molar-refractivity contribution in [3.63, 3.8) is 0 Å². The summed E-state index contributed by atoms with van der Waals surface area (Å²) < 4.78 is 0. The molecule has 3 rings (SSSR count). The maximum absolute atomic E-state index is 12.2. The maximum atomic E-state index is 12.2. The van der Waals surface area contributed by atoms with E-state index in [2.05, 4.69) is 20.6 Å². The fraction of sp³-hybridized carbons (Fsp3) is 0.556. The highest BCUT2D eigenvalue weighted by Crippen LogP contribution is 2.40. The normalized spacial score (nSPS) is 14.3. The number of hydrogen-bond acceptors (Lipinski definition) is 6. The molecule has 0 aromatic carbocycles. The van der Waals surface area contributed by atoms with E-state index in [9.17, 15) is 9.59 Å². The summed E-state index contributed by atoms with van der Waals surface area (Å²) in [7, 11) is 0. The van der Waals surface area contributed by atoms with Gasteiger partial charge in [-0.05, 0) is 45.1 Å². The average molecular weight is 393 g/mol. The third kappa shape index (κ3) is 4.17. The lowest BCUT2D eigenvalue weighted by Crippen LogP contribution is -2.45. The van der Waals surface area contributed by atoms with Gasteiger partial charge in [0.1, 0.15) is 21.7 Å². The number of hydrogen-bond donors (Lipinski definition) is 2. The topological polar surface area (TPSA) is 84.0 Å². The number of nitrogens with one attached hydrogen (secondary N) is 2. The summed E-state index contributed by atoms with van der Waals surface area (Å²) in [4.78, 5) is 35.7. The Labute approximate surface area is 161 Å². The van der Waals surface area contributed by atoms with Crippen LogP contribution in [0, 0.1) is 6.92 Å². The number of amides is 2. The van der Waals surface area contributed by atoms with Crippen molar-refractivity contribution in [2.24, 2.45) is 0 Å². The predicted molar refractivity (Wildman–Crippen MR) is 106 cm³/mol. The molecule has 0 saturated carbocycles. The first-order chi connectivity index (χ1) is 12.5. The second-order valence-corrected chi connectivity index (χ2v) is 8.53. The van der Waals surface area contributed by atoms with Crippen molar-refractivity contribution in [3.05, 3.63) is 16.3 Å². The highest BCUT2D eigenvalue weighted by molar-refractivity contribution is 8.00. The molecule has 0 spiro atoms. The minimum atomic E-state index is -0.535. The molecule has 2 N–H and O–H groups in total. The molecule has 1 aliphatic carbocycles. The molecule has 0 fully saturated rings. The SMILES string of the molecule is CCCNC(=O)[C@H](C)NC(=O)CSc1nc(C)nc2sc3c(c12)CCC3. The van der Waals surface area contributed by atoms with Crippen molar-refractivity contribution in [1.82, 2.24) is 20.6 Å². The van der Waals surface area contributed by atoms with Crippen LogP contribution in [0.4, 0.5) is 0 Å². The van der Waals surface area contributed by atoms with Gasteiger partial charge in [0, 0.05) is 16.8 Å². The zero-order chi connectivity index (χ0) is 18.7. The van der Waals surface area contributed by atoms with Crippen LogP contribution in [0.15, 0.2) is 5.03 Å². The Morgan fingerprint density at radius 1 is 1.31 bits per heavy atom. The van der Waals surface area contributed by atoms with Gasteiger partial charge in [-0.1, -0.05) is 18.7 Å². The van der Waals surface area contributed by atoms with Gasteiger partial charge in [-0.3, -0.25) is 9.59 Å². The molecular weight excluding hydrogens is 368 g/mol. The third-order valence-electron chi connectivity index (χ3n) is 4.30. The number of thioether (sulfide) groups is 1. The van der Waals surface area contributed by atoms with Crippen LogP contribution < -0.4 is 10.6 Å². The molecule has 26 heavy (non-hydrogen) atoms. The minimum absolute atomic E-state index is 0.152. The van der Waals surface area contributed by atoms with Gasteiger partial charge in [-0.2, -0.15) is 0 Å². The Morgan fingerprint density at radius 3 is 2.88 bits per heavy atom. The lowest BCUT2D eigenvalue weighted by molar-refractivity contribution is -0.127. The number of carbonyl (C=O) groups excluding carboxylic acids is 2. The molecule has 2 aromatic heterocycles. The van der Waals surface area contributed by atoms with E-state index in [0.717, 1.165) is 40.3 Å². The van der Waals surface area contributed by atoms with Gasteiger partial charge in [-0.15, -0.1) is 11.3 Å². The Hall–Kier alpha value is -1.67. The van der Waals surface area contributed by atoms with E-state index in [1.807, 2.05) is 13.8 Å². The first kappa shape index (κ1) is 19.1. The summed E-state index contributed by atoms with van der Waals surface area (Å²) in [6.45, 7) is 6.20. The summed E-state index contributed by atoms with van der Waals surface area (Å²) >= 11 is 3.18. The highest BCUT2D eigenvalue weighted by Gasteiger charge is 2.23. The second kappa shape index (κ2) is 8.35. The summed E-state index contributed by atoms with van der Waals surface area (Å²) in [5, 5.41) is 7.55. The summed E-state index contributed by atoms with van der Waals surface area (Å²) in [6.07, 6.45) is 4.23. The van der Waals surface area contributed by atoms with Crippen molar-refractivity contribution in [1.29, 1.82) is 0 Å². The molecule has 1 aliphatic rings. The van der Waals surface area contributed by atoms with E-state index in [4.69, 9.17) is 0 Å². The highest BCUT2D eigenvalue weighted by atomic mass is 32.2. The van der Waals surface area contributed by atoms with Crippen LogP contribution >= 0.6 is 23.1 Å². The molecule has 0 unspecified atom stereocenters. The fourth-order valence-corrected chi connectivity index (χ4v) is 5.34. The molecule has 8 heteroatoms. The molecule has 0 aliphatic heterocycles. The van der Waals surface area contributed by atoms with E-state index in [1.165, 1.54) is 28.6 Å². The van der Waals surface area contributed by atoms with Gasteiger partial charge in [0.25, 0.3) is 0 Å². The number of carbonyl (C=O) groups is 2. The molecule has 140 valence electrons.